The van der Waals surface area contributed by atoms with Crippen LogP contribution < -0.4 is 10.6 Å². The molecule has 1 saturated heterocycles. The van der Waals surface area contributed by atoms with E-state index in [1.54, 1.807) is 10.9 Å². The molecular weight excluding hydrogens is 404 g/mol. The van der Waals surface area contributed by atoms with Gasteiger partial charge in [-0.25, -0.2) is 4.68 Å². The van der Waals surface area contributed by atoms with E-state index >= 15 is 0 Å². The van der Waals surface area contributed by atoms with Gasteiger partial charge in [-0.05, 0) is 56.5 Å². The van der Waals surface area contributed by atoms with Crippen LogP contribution in [0.5, 0.6) is 0 Å². The predicted molar refractivity (Wildman–Crippen MR) is 106 cm³/mol. The van der Waals surface area contributed by atoms with Crippen molar-refractivity contribution >= 4 is 34.2 Å². The number of piperidine rings is 1. The van der Waals surface area contributed by atoms with Crippen LogP contribution in [-0.4, -0.2) is 35.3 Å². The molecular formula is C18H24BrClN4O. The Hall–Kier alpha value is -1.37. The van der Waals surface area contributed by atoms with E-state index in [2.05, 4.69) is 38.6 Å². The molecule has 0 spiro atoms. The van der Waals surface area contributed by atoms with E-state index in [9.17, 15) is 4.79 Å². The van der Waals surface area contributed by atoms with Crippen molar-refractivity contribution in [3.63, 3.8) is 0 Å². The minimum atomic E-state index is -0.0477. The van der Waals surface area contributed by atoms with Gasteiger partial charge in [0.25, 0.3) is 5.91 Å². The maximum atomic E-state index is 12.6. The number of benzene rings is 1. The smallest absolute Gasteiger partial charge is 0.254 e. The number of rotatable bonds is 4. The molecule has 1 aliphatic rings. The zero-order chi connectivity index (χ0) is 17.2. The van der Waals surface area contributed by atoms with Gasteiger partial charge in [-0.15, -0.1) is 12.4 Å². The molecule has 25 heavy (non-hydrogen) atoms. The molecule has 0 atom stereocenters. The van der Waals surface area contributed by atoms with Gasteiger partial charge in [0, 0.05) is 11.0 Å². The van der Waals surface area contributed by atoms with Crippen molar-refractivity contribution in [1.82, 2.24) is 20.4 Å². The first-order valence-corrected chi connectivity index (χ1v) is 9.07. The quantitative estimate of drug-likeness (QED) is 0.785. The average Bonchev–Trinajstić information content (AvgIpc) is 2.95. The van der Waals surface area contributed by atoms with Gasteiger partial charge in [0.05, 0.1) is 23.1 Å². The molecule has 1 aromatic carbocycles. The SMILES string of the molecule is Cc1c(C(=O)NCC2(C)CCNCC2)cnn1-c1cccc(Br)c1.Cl. The Morgan fingerprint density at radius 2 is 2.12 bits per heavy atom. The number of nitrogens with zero attached hydrogens (tertiary/aromatic N) is 2. The fourth-order valence-corrected chi connectivity index (χ4v) is 3.48. The number of halogens is 2. The van der Waals surface area contributed by atoms with Crippen LogP contribution in [-0.2, 0) is 0 Å². The Morgan fingerprint density at radius 3 is 2.80 bits per heavy atom. The summed E-state index contributed by atoms with van der Waals surface area (Å²) < 4.78 is 2.78. The summed E-state index contributed by atoms with van der Waals surface area (Å²) in [4.78, 5) is 12.6. The lowest BCUT2D eigenvalue weighted by atomic mass is 9.81. The molecule has 0 unspecified atom stereocenters. The maximum Gasteiger partial charge on any atom is 0.254 e. The van der Waals surface area contributed by atoms with Crippen LogP contribution in [0.3, 0.4) is 0 Å². The molecule has 1 aromatic heterocycles. The third kappa shape index (κ3) is 4.63. The van der Waals surface area contributed by atoms with Crippen molar-refractivity contribution in [1.29, 1.82) is 0 Å². The topological polar surface area (TPSA) is 59.0 Å². The van der Waals surface area contributed by atoms with Gasteiger partial charge in [0.15, 0.2) is 0 Å². The summed E-state index contributed by atoms with van der Waals surface area (Å²) in [6.07, 6.45) is 3.82. The lowest BCUT2D eigenvalue weighted by Crippen LogP contribution is -2.43. The van der Waals surface area contributed by atoms with E-state index in [0.29, 0.717) is 12.1 Å². The van der Waals surface area contributed by atoms with E-state index in [0.717, 1.165) is 41.8 Å². The Labute approximate surface area is 163 Å². The van der Waals surface area contributed by atoms with E-state index in [4.69, 9.17) is 0 Å². The van der Waals surface area contributed by atoms with Crippen LogP contribution in [0.1, 0.15) is 35.8 Å². The molecule has 2 heterocycles. The standard InChI is InChI=1S/C18H23BrN4O.ClH/c1-13-16(11-22-23(13)15-5-3-4-14(19)10-15)17(24)21-12-18(2)6-8-20-9-7-18;/h3-5,10-11,20H,6-9,12H2,1-2H3,(H,21,24);1H. The number of nitrogens with one attached hydrogen (secondary N) is 2. The largest absolute Gasteiger partial charge is 0.351 e. The van der Waals surface area contributed by atoms with E-state index in [-0.39, 0.29) is 23.7 Å². The number of aromatic nitrogens is 2. The van der Waals surface area contributed by atoms with Gasteiger partial charge >= 0.3 is 0 Å². The van der Waals surface area contributed by atoms with Gasteiger partial charge in [-0.1, -0.05) is 28.9 Å². The summed E-state index contributed by atoms with van der Waals surface area (Å²) in [6.45, 7) is 6.91. The van der Waals surface area contributed by atoms with Crippen LogP contribution in [0, 0.1) is 12.3 Å². The molecule has 1 amide bonds. The molecule has 3 rings (SSSR count). The molecule has 0 aliphatic carbocycles. The molecule has 7 heteroatoms. The van der Waals surface area contributed by atoms with Crippen LogP contribution in [0.15, 0.2) is 34.9 Å². The monoisotopic (exact) mass is 426 g/mol. The van der Waals surface area contributed by atoms with Crippen molar-refractivity contribution in [2.45, 2.75) is 26.7 Å². The maximum absolute atomic E-state index is 12.6. The Kier molecular flexibility index (Phi) is 6.65. The van der Waals surface area contributed by atoms with Crippen molar-refractivity contribution in [3.8, 4) is 5.69 Å². The van der Waals surface area contributed by atoms with Crippen LogP contribution in [0.2, 0.25) is 0 Å². The first kappa shape index (κ1) is 19.9. The third-order valence-corrected chi connectivity index (χ3v) is 5.29. The summed E-state index contributed by atoms with van der Waals surface area (Å²) in [5.41, 5.74) is 2.59. The Morgan fingerprint density at radius 1 is 1.40 bits per heavy atom. The first-order valence-electron chi connectivity index (χ1n) is 8.28. The summed E-state index contributed by atoms with van der Waals surface area (Å²) in [5.74, 6) is -0.0477. The summed E-state index contributed by atoms with van der Waals surface area (Å²) >= 11 is 3.47. The van der Waals surface area contributed by atoms with Crippen molar-refractivity contribution < 1.29 is 4.79 Å². The van der Waals surface area contributed by atoms with Crippen LogP contribution in [0.25, 0.3) is 5.69 Å². The van der Waals surface area contributed by atoms with E-state index in [1.807, 2.05) is 31.2 Å². The Balaban J connectivity index is 0.00000225. The van der Waals surface area contributed by atoms with Gasteiger partial charge in [-0.3, -0.25) is 4.79 Å². The first-order chi connectivity index (χ1) is 11.5. The van der Waals surface area contributed by atoms with Gasteiger partial charge < -0.3 is 10.6 Å². The third-order valence-electron chi connectivity index (χ3n) is 4.79. The van der Waals surface area contributed by atoms with E-state index < -0.39 is 0 Å². The lowest BCUT2D eigenvalue weighted by Gasteiger charge is -2.34. The summed E-state index contributed by atoms with van der Waals surface area (Å²) in [7, 11) is 0. The number of amides is 1. The Bertz CT molecular complexity index is 740. The summed E-state index contributed by atoms with van der Waals surface area (Å²) in [6, 6.07) is 7.88. The van der Waals surface area contributed by atoms with Gasteiger partial charge in [-0.2, -0.15) is 5.10 Å². The molecule has 0 bridgehead atoms. The minimum absolute atomic E-state index is 0. The minimum Gasteiger partial charge on any atom is -0.351 e. The van der Waals surface area contributed by atoms with Crippen LogP contribution in [0.4, 0.5) is 0 Å². The highest BCUT2D eigenvalue weighted by Crippen LogP contribution is 2.27. The number of hydrogen-bond acceptors (Lipinski definition) is 3. The molecule has 5 nitrogen and oxygen atoms in total. The lowest BCUT2D eigenvalue weighted by molar-refractivity contribution is 0.0921. The molecule has 1 aliphatic heterocycles. The zero-order valence-corrected chi connectivity index (χ0v) is 16.9. The number of hydrogen-bond donors (Lipinski definition) is 2. The summed E-state index contributed by atoms with van der Waals surface area (Å²) in [5, 5.41) is 10.8. The molecule has 2 N–H and O–H groups in total. The normalized spacial score (nSPS) is 16.1. The molecule has 0 saturated carbocycles. The van der Waals surface area contributed by atoms with E-state index in [1.165, 1.54) is 0 Å². The highest BCUT2D eigenvalue weighted by molar-refractivity contribution is 9.10. The van der Waals surface area contributed by atoms with Crippen molar-refractivity contribution in [2.24, 2.45) is 5.41 Å². The van der Waals surface area contributed by atoms with Crippen molar-refractivity contribution in [2.75, 3.05) is 19.6 Å². The van der Waals surface area contributed by atoms with Gasteiger partial charge in [0.1, 0.15) is 0 Å². The van der Waals surface area contributed by atoms with Crippen molar-refractivity contribution in [3.05, 3.63) is 46.2 Å². The predicted octanol–water partition coefficient (Wildman–Crippen LogP) is 3.48. The number of carbonyl (C=O) groups is 1. The fourth-order valence-electron chi connectivity index (χ4n) is 3.10. The van der Waals surface area contributed by atoms with Gasteiger partial charge in [0.2, 0.25) is 0 Å². The molecule has 2 aromatic rings. The highest BCUT2D eigenvalue weighted by atomic mass is 79.9. The highest BCUT2D eigenvalue weighted by Gasteiger charge is 2.27. The fraction of sp³-hybridized carbons (Fsp3) is 0.444. The second kappa shape index (κ2) is 8.34. The molecule has 0 radical (unpaired) electrons. The zero-order valence-electron chi connectivity index (χ0n) is 14.5. The average molecular weight is 428 g/mol. The molecule has 136 valence electrons. The van der Waals surface area contributed by atoms with Crippen LogP contribution >= 0.6 is 28.3 Å². The molecule has 1 fully saturated rings. The second-order valence-corrected chi connectivity index (χ2v) is 7.69. The number of carbonyl (C=O) groups excluding carboxylic acids is 1. The second-order valence-electron chi connectivity index (χ2n) is 6.78.